The van der Waals surface area contributed by atoms with Crippen LogP contribution in [-0.4, -0.2) is 0 Å². The summed E-state index contributed by atoms with van der Waals surface area (Å²) >= 11 is 0. The second kappa shape index (κ2) is 14.3. The number of benzene rings is 9. The molecule has 0 saturated carbocycles. The smallest absolute Gasteiger partial charge is 0.0714 e. The summed E-state index contributed by atoms with van der Waals surface area (Å²) in [6.07, 6.45) is 6.84. The lowest BCUT2D eigenvalue weighted by molar-refractivity contribution is 0.654. The van der Waals surface area contributed by atoms with Gasteiger partial charge in [0.25, 0.3) is 0 Å². The molecule has 0 heterocycles. The van der Waals surface area contributed by atoms with Gasteiger partial charge in [-0.1, -0.05) is 200 Å². The summed E-state index contributed by atoms with van der Waals surface area (Å²) in [5.41, 5.74) is 20.0. The van der Waals surface area contributed by atoms with Gasteiger partial charge in [-0.15, -0.1) is 0 Å². The highest BCUT2D eigenvalue weighted by Gasteiger charge is 2.47. The van der Waals surface area contributed by atoms with Gasteiger partial charge in [0, 0.05) is 22.2 Å². The molecule has 0 fully saturated rings. The third-order valence-corrected chi connectivity index (χ3v) is 14.1. The molecule has 1 heteroatoms. The van der Waals surface area contributed by atoms with Crippen LogP contribution in [0.15, 0.2) is 236 Å². The Hall–Kier alpha value is -7.48. The normalized spacial score (nSPS) is 15.2. The Bertz CT molecular complexity index is 3160. The number of fused-ring (bicyclic) bond motifs is 7. The molecule has 0 saturated heterocycles. The summed E-state index contributed by atoms with van der Waals surface area (Å²) in [7, 11) is 0. The first-order valence-corrected chi connectivity index (χ1v) is 22.0. The zero-order valence-corrected chi connectivity index (χ0v) is 34.8. The van der Waals surface area contributed by atoms with Crippen LogP contribution < -0.4 is 4.90 Å². The predicted molar refractivity (Wildman–Crippen MR) is 260 cm³/mol. The molecule has 0 bridgehead atoms. The number of nitrogens with zero attached hydrogens (tertiary/aromatic N) is 1. The molecule has 0 aromatic heterocycles. The summed E-state index contributed by atoms with van der Waals surface area (Å²) in [5.74, 6) is 0. The Morgan fingerprint density at radius 3 is 1.55 bits per heavy atom. The van der Waals surface area contributed by atoms with E-state index in [1.165, 1.54) is 83.1 Å². The molecule has 3 aliphatic rings. The number of para-hydroxylation sites is 1. The van der Waals surface area contributed by atoms with Crippen LogP contribution >= 0.6 is 0 Å². The van der Waals surface area contributed by atoms with Gasteiger partial charge in [0.2, 0.25) is 0 Å². The Balaban J connectivity index is 1.09. The summed E-state index contributed by atoms with van der Waals surface area (Å²) in [4.78, 5) is 2.48. The molecular formula is C61H45N. The summed E-state index contributed by atoms with van der Waals surface area (Å²) < 4.78 is 0. The molecule has 0 amide bonds. The van der Waals surface area contributed by atoms with Crippen LogP contribution in [0.25, 0.3) is 38.6 Å². The lowest BCUT2D eigenvalue weighted by Crippen LogP contribution is -2.28. The molecule has 62 heavy (non-hydrogen) atoms. The molecule has 9 aromatic carbocycles. The number of hydrogen-bond acceptors (Lipinski definition) is 1. The van der Waals surface area contributed by atoms with Crippen LogP contribution in [0, 0.1) is 0 Å². The monoisotopic (exact) mass is 791 g/mol. The van der Waals surface area contributed by atoms with Gasteiger partial charge in [0.15, 0.2) is 0 Å². The van der Waals surface area contributed by atoms with Gasteiger partial charge in [-0.25, -0.2) is 0 Å². The number of anilines is 3. The molecule has 3 aliphatic carbocycles. The minimum atomic E-state index is -0.498. The van der Waals surface area contributed by atoms with Gasteiger partial charge in [-0.05, 0) is 128 Å². The van der Waals surface area contributed by atoms with E-state index in [-0.39, 0.29) is 5.41 Å². The van der Waals surface area contributed by atoms with Gasteiger partial charge >= 0.3 is 0 Å². The first-order valence-electron chi connectivity index (χ1n) is 22.0. The number of hydrogen-bond donors (Lipinski definition) is 0. The van der Waals surface area contributed by atoms with E-state index in [0.717, 1.165) is 29.9 Å². The minimum absolute atomic E-state index is 0.241. The Labute approximate surface area is 364 Å². The topological polar surface area (TPSA) is 3.24 Å². The molecule has 0 atom stereocenters. The van der Waals surface area contributed by atoms with Crippen molar-refractivity contribution in [2.45, 2.75) is 30.6 Å². The quantitative estimate of drug-likeness (QED) is 0.155. The maximum absolute atomic E-state index is 2.48. The zero-order valence-electron chi connectivity index (χ0n) is 34.8. The summed E-state index contributed by atoms with van der Waals surface area (Å²) in [6.45, 7) is 2.47. The largest absolute Gasteiger partial charge is 0.310 e. The van der Waals surface area contributed by atoms with Gasteiger partial charge in [-0.3, -0.25) is 0 Å². The fourth-order valence-corrected chi connectivity index (χ4v) is 11.5. The van der Waals surface area contributed by atoms with Gasteiger partial charge in [-0.2, -0.15) is 0 Å². The van der Waals surface area contributed by atoms with E-state index in [4.69, 9.17) is 0 Å². The predicted octanol–water partition coefficient (Wildman–Crippen LogP) is 15.8. The lowest BCUT2D eigenvalue weighted by atomic mass is 9.67. The van der Waals surface area contributed by atoms with Crippen molar-refractivity contribution < 1.29 is 0 Å². The Morgan fingerprint density at radius 2 is 0.903 bits per heavy atom. The van der Waals surface area contributed by atoms with E-state index in [2.05, 4.69) is 242 Å². The molecule has 0 unspecified atom stereocenters. The van der Waals surface area contributed by atoms with Crippen LogP contribution in [0.5, 0.6) is 0 Å². The van der Waals surface area contributed by atoms with Gasteiger partial charge in [0.05, 0.1) is 11.1 Å². The van der Waals surface area contributed by atoms with Crippen molar-refractivity contribution in [1.82, 2.24) is 0 Å². The van der Waals surface area contributed by atoms with E-state index >= 15 is 0 Å². The number of rotatable bonds is 7. The van der Waals surface area contributed by atoms with Crippen molar-refractivity contribution in [2.24, 2.45) is 0 Å². The Kier molecular flexibility index (Phi) is 8.40. The first-order chi connectivity index (χ1) is 30.7. The molecule has 294 valence electrons. The molecule has 0 aliphatic heterocycles. The van der Waals surface area contributed by atoms with E-state index < -0.39 is 5.41 Å². The maximum Gasteiger partial charge on any atom is 0.0714 e. The van der Waals surface area contributed by atoms with Crippen LogP contribution in [0.1, 0.15) is 58.7 Å². The molecular weight excluding hydrogens is 747 g/mol. The molecule has 0 N–H and O–H groups in total. The van der Waals surface area contributed by atoms with Crippen molar-refractivity contribution >= 4 is 33.4 Å². The van der Waals surface area contributed by atoms with Crippen molar-refractivity contribution in [1.29, 1.82) is 0 Å². The zero-order chi connectivity index (χ0) is 41.3. The minimum Gasteiger partial charge on any atom is -0.310 e. The second-order valence-electron chi connectivity index (χ2n) is 17.2. The third kappa shape index (κ3) is 5.21. The average Bonchev–Trinajstić information content (AvgIpc) is 3.79. The Morgan fingerprint density at radius 1 is 0.403 bits per heavy atom. The fourth-order valence-electron chi connectivity index (χ4n) is 11.5. The first kappa shape index (κ1) is 36.4. The van der Waals surface area contributed by atoms with Crippen molar-refractivity contribution in [3.8, 4) is 22.3 Å². The van der Waals surface area contributed by atoms with E-state index in [0.29, 0.717) is 0 Å². The molecule has 1 nitrogen and oxygen atoms in total. The molecule has 0 spiro atoms. The van der Waals surface area contributed by atoms with Gasteiger partial charge < -0.3 is 4.90 Å². The third-order valence-electron chi connectivity index (χ3n) is 14.1. The van der Waals surface area contributed by atoms with Crippen LogP contribution in [0.2, 0.25) is 0 Å². The van der Waals surface area contributed by atoms with E-state index in [9.17, 15) is 0 Å². The molecule has 12 rings (SSSR count). The van der Waals surface area contributed by atoms with E-state index in [1.54, 1.807) is 0 Å². The SMILES string of the molecule is CC1(C2=C(c3ccc(N(c4ccccc4)c4ccc5c(c4)C(c4ccccc4)(c4ccccc4)c4ccccc4-5)c4ccccc34)C=CCC2)c2ccccc2-c2ccccc21. The second-order valence-corrected chi connectivity index (χ2v) is 17.2. The van der Waals surface area contributed by atoms with Crippen molar-refractivity contribution in [3.63, 3.8) is 0 Å². The number of allylic oxidation sites excluding steroid dienone is 4. The molecule has 0 radical (unpaired) electrons. The lowest BCUT2D eigenvalue weighted by Gasteiger charge is -2.35. The molecule has 9 aromatic rings. The highest BCUT2D eigenvalue weighted by atomic mass is 15.1. The maximum atomic E-state index is 2.48. The average molecular weight is 792 g/mol. The van der Waals surface area contributed by atoms with Crippen molar-refractivity contribution in [3.05, 3.63) is 275 Å². The summed E-state index contributed by atoms with van der Waals surface area (Å²) in [6, 6.07) is 81.3. The van der Waals surface area contributed by atoms with Crippen molar-refractivity contribution in [2.75, 3.05) is 4.90 Å². The fraction of sp³-hybridized carbons (Fsp3) is 0.0820. The van der Waals surface area contributed by atoms with Crippen LogP contribution in [0.3, 0.4) is 0 Å². The summed E-state index contributed by atoms with van der Waals surface area (Å²) in [5, 5.41) is 2.47. The van der Waals surface area contributed by atoms with Crippen LogP contribution in [0.4, 0.5) is 17.1 Å². The standard InChI is InChI=1S/C61H45N/c1-60(55-34-18-14-29-49(55)50-30-15-19-35-56(50)60)54-33-17-13-28-48(54)47-39-40-59(53-32-12-11-27-46(47)53)62(44-25-9-4-10-26-44)45-37-38-52-51-31-16-20-36-57(51)61(58(52)41-45,42-21-5-2-6-22-42)43-23-7-3-8-24-43/h2-16,18-32,34-41H,17,33H2,1H3. The highest BCUT2D eigenvalue weighted by molar-refractivity contribution is 6.06. The van der Waals surface area contributed by atoms with Crippen LogP contribution in [-0.2, 0) is 10.8 Å². The van der Waals surface area contributed by atoms with E-state index in [1.807, 2.05) is 0 Å². The van der Waals surface area contributed by atoms with Gasteiger partial charge in [0.1, 0.15) is 0 Å². The highest BCUT2D eigenvalue weighted by Crippen LogP contribution is 2.59.